The molecule has 3 aromatic rings. The second-order valence-corrected chi connectivity index (χ2v) is 11.6. The summed E-state index contributed by atoms with van der Waals surface area (Å²) in [6, 6.07) is 13.4. The summed E-state index contributed by atoms with van der Waals surface area (Å²) in [4.78, 5) is 30.4. The molecule has 2 aliphatic rings. The number of allylic oxidation sites excluding steroid dienone is 2. The van der Waals surface area contributed by atoms with Crippen LogP contribution >= 0.6 is 0 Å². The van der Waals surface area contributed by atoms with Gasteiger partial charge in [0.05, 0.1) is 11.6 Å². The number of halogens is 1. The van der Waals surface area contributed by atoms with E-state index < -0.39 is 5.60 Å². The van der Waals surface area contributed by atoms with E-state index in [2.05, 4.69) is 22.8 Å². The van der Waals surface area contributed by atoms with E-state index in [1.807, 2.05) is 49.9 Å². The van der Waals surface area contributed by atoms with Gasteiger partial charge in [-0.05, 0) is 70.2 Å². The van der Waals surface area contributed by atoms with Crippen LogP contribution in [-0.2, 0) is 11.2 Å². The van der Waals surface area contributed by atoms with Gasteiger partial charge in [-0.15, -0.1) is 0 Å². The fraction of sp³-hybridized carbons (Fsp3) is 0.438. The lowest BCUT2D eigenvalue weighted by Crippen LogP contribution is -2.51. The van der Waals surface area contributed by atoms with E-state index in [0.29, 0.717) is 43.7 Å². The van der Waals surface area contributed by atoms with E-state index in [4.69, 9.17) is 4.74 Å². The van der Waals surface area contributed by atoms with Crippen LogP contribution in [0.3, 0.4) is 0 Å². The van der Waals surface area contributed by atoms with Gasteiger partial charge in [-0.1, -0.05) is 42.5 Å². The molecule has 2 aromatic carbocycles. The molecule has 1 atom stereocenters. The highest BCUT2D eigenvalue weighted by atomic mass is 19.1. The highest BCUT2D eigenvalue weighted by Gasteiger charge is 2.32. The summed E-state index contributed by atoms with van der Waals surface area (Å²) in [5.41, 5.74) is 3.54. The lowest BCUT2D eigenvalue weighted by atomic mass is 9.98. The summed E-state index contributed by atoms with van der Waals surface area (Å²) < 4.78 is 22.4. The molecule has 1 fully saturated rings. The van der Waals surface area contributed by atoms with Gasteiger partial charge in [0.1, 0.15) is 11.4 Å². The Bertz CT molecular complexity index is 1410. The molecule has 1 aromatic heterocycles. The van der Waals surface area contributed by atoms with Gasteiger partial charge in [-0.3, -0.25) is 4.79 Å². The molecule has 5 rings (SSSR count). The summed E-state index contributed by atoms with van der Waals surface area (Å²) in [6.07, 6.45) is 7.71. The van der Waals surface area contributed by atoms with E-state index in [1.54, 1.807) is 17.9 Å². The van der Waals surface area contributed by atoms with Gasteiger partial charge in [0.25, 0.3) is 5.91 Å². The highest BCUT2D eigenvalue weighted by Crippen LogP contribution is 2.36. The minimum absolute atomic E-state index is 0.0439. The largest absolute Gasteiger partial charge is 0.444 e. The number of piperazine rings is 1. The first-order chi connectivity index (χ1) is 18.6. The fourth-order valence-electron chi connectivity index (χ4n) is 5.72. The zero-order valence-corrected chi connectivity index (χ0v) is 23.4. The maximum absolute atomic E-state index is 14.6. The normalized spacial score (nSPS) is 18.0. The third-order valence-electron chi connectivity index (χ3n) is 7.74. The number of rotatable bonds is 4. The number of fused-ring (bicyclic) bond motifs is 1. The quantitative estimate of drug-likeness (QED) is 0.354. The molecule has 0 spiro atoms. The molecule has 2 amide bonds. The molecule has 39 heavy (non-hydrogen) atoms. The number of nitrogens with zero attached hydrogens (tertiary/aromatic N) is 3. The highest BCUT2D eigenvalue weighted by molar-refractivity contribution is 6.08. The number of amides is 2. The van der Waals surface area contributed by atoms with Crippen molar-refractivity contribution >= 4 is 22.9 Å². The summed E-state index contributed by atoms with van der Waals surface area (Å²) in [6.45, 7) is 9.05. The standard InChI is InChI=1S/C32H38FN3O3/c1-22-23(11-10-15-26(22)33)21-28-29(25-14-8-9-16-27(25)36(28)24-12-6-5-7-13-24)30(37)34-17-19-35(20-18-34)31(38)39-32(2,3)4/h6,8-12,14-16,24H,5,7,13,17-21H2,1-4H3. The van der Waals surface area contributed by atoms with E-state index in [-0.39, 0.29) is 23.9 Å². The predicted octanol–water partition coefficient (Wildman–Crippen LogP) is 6.65. The lowest BCUT2D eigenvalue weighted by molar-refractivity contribution is 0.0141. The van der Waals surface area contributed by atoms with Gasteiger partial charge >= 0.3 is 6.09 Å². The third kappa shape index (κ3) is 5.58. The molecule has 0 N–H and O–H groups in total. The minimum atomic E-state index is -0.566. The molecular formula is C32H38FN3O3. The Balaban J connectivity index is 1.53. The summed E-state index contributed by atoms with van der Waals surface area (Å²) >= 11 is 0. The van der Waals surface area contributed by atoms with Gasteiger partial charge in [0.2, 0.25) is 0 Å². The number of para-hydroxylation sites is 1. The number of carbonyl (C=O) groups is 2. The molecule has 2 heterocycles. The van der Waals surface area contributed by atoms with Crippen molar-refractivity contribution in [2.24, 2.45) is 0 Å². The minimum Gasteiger partial charge on any atom is -0.444 e. The number of hydrogen-bond donors (Lipinski definition) is 0. The van der Waals surface area contributed by atoms with E-state index in [9.17, 15) is 14.0 Å². The third-order valence-corrected chi connectivity index (χ3v) is 7.74. The van der Waals surface area contributed by atoms with E-state index in [1.165, 1.54) is 6.07 Å². The van der Waals surface area contributed by atoms with Crippen LogP contribution in [0.2, 0.25) is 0 Å². The van der Waals surface area contributed by atoms with Crippen LogP contribution in [0.4, 0.5) is 9.18 Å². The Morgan fingerprint density at radius 2 is 1.72 bits per heavy atom. The SMILES string of the molecule is Cc1c(F)cccc1Cc1c(C(=O)N2CCN(C(=O)OC(C)(C)C)CC2)c2ccccc2n1C1C=CCCC1. The zero-order chi connectivity index (χ0) is 27.7. The topological polar surface area (TPSA) is 54.8 Å². The Morgan fingerprint density at radius 1 is 1.00 bits per heavy atom. The van der Waals surface area contributed by atoms with Crippen molar-refractivity contribution in [1.82, 2.24) is 14.4 Å². The second kappa shape index (κ2) is 10.9. The molecule has 0 bridgehead atoms. The van der Waals surface area contributed by atoms with Crippen molar-refractivity contribution in [3.05, 3.63) is 82.8 Å². The fourth-order valence-corrected chi connectivity index (χ4v) is 5.72. The molecule has 0 radical (unpaired) electrons. The zero-order valence-electron chi connectivity index (χ0n) is 23.4. The average molecular weight is 532 g/mol. The molecule has 1 aliphatic carbocycles. The molecule has 1 aliphatic heterocycles. The van der Waals surface area contributed by atoms with Gasteiger partial charge in [-0.25, -0.2) is 9.18 Å². The Labute approximate surface area is 230 Å². The lowest BCUT2D eigenvalue weighted by Gasteiger charge is -2.35. The summed E-state index contributed by atoms with van der Waals surface area (Å²) in [5.74, 6) is -0.281. The van der Waals surface area contributed by atoms with Crippen LogP contribution in [0.1, 0.15) is 73.3 Å². The molecule has 1 unspecified atom stereocenters. The maximum Gasteiger partial charge on any atom is 0.410 e. The number of ether oxygens (including phenoxy) is 1. The first-order valence-corrected chi connectivity index (χ1v) is 13.9. The Morgan fingerprint density at radius 3 is 2.41 bits per heavy atom. The van der Waals surface area contributed by atoms with Crippen molar-refractivity contribution in [1.29, 1.82) is 0 Å². The van der Waals surface area contributed by atoms with Crippen LogP contribution in [0.15, 0.2) is 54.6 Å². The predicted molar refractivity (Wildman–Crippen MR) is 152 cm³/mol. The van der Waals surface area contributed by atoms with Crippen LogP contribution in [0.5, 0.6) is 0 Å². The molecule has 206 valence electrons. The first-order valence-electron chi connectivity index (χ1n) is 13.9. The van der Waals surface area contributed by atoms with Gasteiger partial charge in [-0.2, -0.15) is 0 Å². The number of carbonyl (C=O) groups excluding carboxylic acids is 2. The van der Waals surface area contributed by atoms with E-state index >= 15 is 0 Å². The van der Waals surface area contributed by atoms with Crippen LogP contribution < -0.4 is 0 Å². The molecule has 6 nitrogen and oxygen atoms in total. The van der Waals surface area contributed by atoms with Crippen molar-refractivity contribution in [2.75, 3.05) is 26.2 Å². The number of hydrogen-bond acceptors (Lipinski definition) is 3. The number of benzene rings is 2. The summed E-state index contributed by atoms with van der Waals surface area (Å²) in [5, 5.41) is 0.917. The Hall–Kier alpha value is -3.61. The number of aromatic nitrogens is 1. The summed E-state index contributed by atoms with van der Waals surface area (Å²) in [7, 11) is 0. The maximum atomic E-state index is 14.6. The van der Waals surface area contributed by atoms with Gasteiger partial charge in [0, 0.05) is 49.2 Å². The average Bonchev–Trinajstić information content (AvgIpc) is 3.24. The molecule has 1 saturated heterocycles. The van der Waals surface area contributed by atoms with Crippen LogP contribution in [0.25, 0.3) is 10.9 Å². The van der Waals surface area contributed by atoms with Crippen molar-refractivity contribution in [2.45, 2.75) is 65.0 Å². The molecular weight excluding hydrogens is 493 g/mol. The molecule has 7 heteroatoms. The Kier molecular flexibility index (Phi) is 7.52. The van der Waals surface area contributed by atoms with Crippen LogP contribution in [0, 0.1) is 12.7 Å². The first kappa shape index (κ1) is 27.0. The van der Waals surface area contributed by atoms with Crippen LogP contribution in [-0.4, -0.2) is 58.1 Å². The van der Waals surface area contributed by atoms with Crippen molar-refractivity contribution in [3.8, 4) is 0 Å². The molecule has 0 saturated carbocycles. The van der Waals surface area contributed by atoms with Crippen molar-refractivity contribution < 1.29 is 18.7 Å². The van der Waals surface area contributed by atoms with Crippen molar-refractivity contribution in [3.63, 3.8) is 0 Å². The van der Waals surface area contributed by atoms with E-state index in [0.717, 1.165) is 41.4 Å². The monoisotopic (exact) mass is 531 g/mol. The van der Waals surface area contributed by atoms with Gasteiger partial charge < -0.3 is 19.1 Å². The second-order valence-electron chi connectivity index (χ2n) is 11.6. The smallest absolute Gasteiger partial charge is 0.410 e. The van der Waals surface area contributed by atoms with Gasteiger partial charge in [0.15, 0.2) is 0 Å².